The smallest absolute Gasteiger partial charge is 0.253 e. The summed E-state index contributed by atoms with van der Waals surface area (Å²) in [6, 6.07) is 5.64. The van der Waals surface area contributed by atoms with Gasteiger partial charge in [-0.3, -0.25) is 9.89 Å². The molecule has 0 bridgehead atoms. The maximum absolute atomic E-state index is 12.5. The average Bonchev–Trinajstić information content (AvgIpc) is 3.02. The van der Waals surface area contributed by atoms with Gasteiger partial charge in [-0.25, -0.2) is 0 Å². The van der Waals surface area contributed by atoms with E-state index in [-0.39, 0.29) is 11.3 Å². The molecule has 2 aromatic rings. The molecule has 1 aromatic heterocycles. The summed E-state index contributed by atoms with van der Waals surface area (Å²) in [6.07, 6.45) is 3.75. The molecule has 0 spiro atoms. The molecule has 3 N–H and O–H groups in total. The number of para-hydroxylation sites is 1. The zero-order chi connectivity index (χ0) is 15.4. The van der Waals surface area contributed by atoms with Gasteiger partial charge in [-0.1, -0.05) is 12.1 Å². The highest BCUT2D eigenvalue weighted by molar-refractivity contribution is 6.05. The van der Waals surface area contributed by atoms with E-state index < -0.39 is 0 Å². The number of ether oxygens (including phenoxy) is 1. The molecule has 0 unspecified atom stereocenters. The summed E-state index contributed by atoms with van der Waals surface area (Å²) in [6.45, 7) is 3.24. The summed E-state index contributed by atoms with van der Waals surface area (Å²) in [4.78, 5) is 12.5. The van der Waals surface area contributed by atoms with Crippen molar-refractivity contribution in [2.24, 2.45) is 5.41 Å². The highest BCUT2D eigenvalue weighted by Crippen LogP contribution is 2.28. The van der Waals surface area contributed by atoms with Crippen molar-refractivity contribution in [1.82, 2.24) is 20.8 Å². The average molecular weight is 302 g/mol. The van der Waals surface area contributed by atoms with E-state index in [1.807, 2.05) is 18.2 Å². The number of fused-ring (bicyclic) bond motifs is 1. The highest BCUT2D eigenvalue weighted by atomic mass is 16.5. The highest BCUT2D eigenvalue weighted by Gasteiger charge is 2.32. The van der Waals surface area contributed by atoms with Crippen LogP contribution in [0.2, 0.25) is 0 Å². The third-order valence-electron chi connectivity index (χ3n) is 4.46. The van der Waals surface area contributed by atoms with Gasteiger partial charge in [-0.2, -0.15) is 5.10 Å². The van der Waals surface area contributed by atoms with Crippen LogP contribution in [0.1, 0.15) is 23.2 Å². The summed E-state index contributed by atoms with van der Waals surface area (Å²) in [5, 5.41) is 14.3. The van der Waals surface area contributed by atoms with E-state index in [4.69, 9.17) is 4.74 Å². The Hall–Kier alpha value is -1.92. The molecule has 6 heteroatoms. The largest absolute Gasteiger partial charge is 0.384 e. The Balaban J connectivity index is 1.72. The second-order valence-electron chi connectivity index (χ2n) is 6.01. The number of methoxy groups -OCH3 is 1. The van der Waals surface area contributed by atoms with Crippen LogP contribution in [0.15, 0.2) is 24.4 Å². The molecule has 0 radical (unpaired) electrons. The molecule has 6 nitrogen and oxygen atoms in total. The topological polar surface area (TPSA) is 79.0 Å². The predicted octanol–water partition coefficient (Wildman–Crippen LogP) is 1.31. The number of hydrogen-bond acceptors (Lipinski definition) is 4. The van der Waals surface area contributed by atoms with E-state index in [9.17, 15) is 4.79 Å². The van der Waals surface area contributed by atoms with Crippen molar-refractivity contribution in [3.05, 3.63) is 30.0 Å². The third-order valence-corrected chi connectivity index (χ3v) is 4.46. The molecular weight excluding hydrogens is 280 g/mol. The molecule has 1 aliphatic rings. The van der Waals surface area contributed by atoms with E-state index in [2.05, 4.69) is 20.8 Å². The number of nitrogens with zero attached hydrogens (tertiary/aromatic N) is 1. The van der Waals surface area contributed by atoms with Crippen LogP contribution < -0.4 is 10.6 Å². The molecule has 0 atom stereocenters. The van der Waals surface area contributed by atoms with Gasteiger partial charge in [0, 0.05) is 24.5 Å². The molecule has 22 heavy (non-hydrogen) atoms. The standard InChI is InChI=1S/C16H22N4O2/c1-22-11-16(5-7-17-8-6-16)10-18-15(21)13-4-2-3-12-9-19-20-14(12)13/h2-4,9,17H,5-8,10-11H2,1H3,(H,18,21)(H,19,20). The van der Waals surface area contributed by atoms with E-state index in [1.165, 1.54) is 0 Å². The molecule has 1 fully saturated rings. The number of amides is 1. The normalized spacial score (nSPS) is 17.5. The number of hydrogen-bond donors (Lipinski definition) is 3. The maximum Gasteiger partial charge on any atom is 0.253 e. The molecular formula is C16H22N4O2. The zero-order valence-electron chi connectivity index (χ0n) is 12.8. The molecule has 118 valence electrons. The van der Waals surface area contributed by atoms with Crippen LogP contribution >= 0.6 is 0 Å². The molecule has 0 aliphatic carbocycles. The van der Waals surface area contributed by atoms with Crippen LogP contribution in [0.25, 0.3) is 10.9 Å². The Labute approximate surface area is 129 Å². The van der Waals surface area contributed by atoms with Crippen molar-refractivity contribution in [2.45, 2.75) is 12.8 Å². The van der Waals surface area contributed by atoms with Crippen LogP contribution in [-0.2, 0) is 4.74 Å². The SMILES string of the molecule is COCC1(CNC(=O)c2cccc3cn[nH]c23)CCNCC1. The number of carbonyl (C=O) groups is 1. The quantitative estimate of drug-likeness (QED) is 0.778. The molecule has 0 saturated carbocycles. The van der Waals surface area contributed by atoms with E-state index in [0.29, 0.717) is 18.7 Å². The Bertz CT molecular complexity index is 641. The first kappa shape index (κ1) is 15.0. The zero-order valence-corrected chi connectivity index (χ0v) is 12.8. The van der Waals surface area contributed by atoms with Crippen molar-refractivity contribution in [2.75, 3.05) is 33.4 Å². The summed E-state index contributed by atoms with van der Waals surface area (Å²) in [7, 11) is 1.72. The van der Waals surface area contributed by atoms with E-state index in [1.54, 1.807) is 13.3 Å². The Morgan fingerprint density at radius 1 is 1.41 bits per heavy atom. The lowest BCUT2D eigenvalue weighted by Gasteiger charge is -2.37. The van der Waals surface area contributed by atoms with Gasteiger partial charge in [0.2, 0.25) is 0 Å². The lowest BCUT2D eigenvalue weighted by atomic mass is 9.79. The van der Waals surface area contributed by atoms with Crippen LogP contribution in [0.5, 0.6) is 0 Å². The Morgan fingerprint density at radius 2 is 2.23 bits per heavy atom. The number of rotatable bonds is 5. The van der Waals surface area contributed by atoms with Gasteiger partial charge >= 0.3 is 0 Å². The first-order valence-corrected chi connectivity index (χ1v) is 7.64. The molecule has 2 heterocycles. The number of carbonyl (C=O) groups excluding carboxylic acids is 1. The lowest BCUT2D eigenvalue weighted by molar-refractivity contribution is 0.0512. The number of nitrogens with one attached hydrogen (secondary N) is 3. The van der Waals surface area contributed by atoms with Crippen molar-refractivity contribution < 1.29 is 9.53 Å². The van der Waals surface area contributed by atoms with Gasteiger partial charge in [0.05, 0.1) is 23.9 Å². The van der Waals surface area contributed by atoms with Gasteiger partial charge in [0.1, 0.15) is 0 Å². The van der Waals surface area contributed by atoms with Crippen LogP contribution in [-0.4, -0.2) is 49.5 Å². The minimum absolute atomic E-state index is 0.0253. The third kappa shape index (κ3) is 2.98. The van der Waals surface area contributed by atoms with Crippen molar-refractivity contribution in [3.63, 3.8) is 0 Å². The van der Waals surface area contributed by atoms with E-state index in [0.717, 1.165) is 36.8 Å². The van der Waals surface area contributed by atoms with Gasteiger partial charge < -0.3 is 15.4 Å². The second-order valence-corrected chi connectivity index (χ2v) is 6.01. The molecule has 1 aliphatic heterocycles. The van der Waals surface area contributed by atoms with Gasteiger partial charge in [-0.15, -0.1) is 0 Å². The number of aromatic nitrogens is 2. The summed E-state index contributed by atoms with van der Waals surface area (Å²) in [5.41, 5.74) is 1.44. The first-order valence-electron chi connectivity index (χ1n) is 7.64. The number of aromatic amines is 1. The molecule has 1 aromatic carbocycles. The number of H-pyrrole nitrogens is 1. The van der Waals surface area contributed by atoms with Crippen LogP contribution in [0.4, 0.5) is 0 Å². The summed E-state index contributed by atoms with van der Waals surface area (Å²) in [5.74, 6) is -0.0659. The minimum Gasteiger partial charge on any atom is -0.384 e. The maximum atomic E-state index is 12.5. The van der Waals surface area contributed by atoms with Gasteiger partial charge in [0.25, 0.3) is 5.91 Å². The summed E-state index contributed by atoms with van der Waals surface area (Å²) < 4.78 is 5.39. The Kier molecular flexibility index (Phi) is 4.40. The van der Waals surface area contributed by atoms with Gasteiger partial charge in [-0.05, 0) is 32.0 Å². The fourth-order valence-electron chi connectivity index (χ4n) is 3.16. The fourth-order valence-corrected chi connectivity index (χ4v) is 3.16. The number of piperidine rings is 1. The molecule has 1 amide bonds. The van der Waals surface area contributed by atoms with Crippen LogP contribution in [0.3, 0.4) is 0 Å². The fraction of sp³-hybridized carbons (Fsp3) is 0.500. The summed E-state index contributed by atoms with van der Waals surface area (Å²) >= 11 is 0. The monoisotopic (exact) mass is 302 g/mol. The first-order chi connectivity index (χ1) is 10.7. The lowest BCUT2D eigenvalue weighted by Crippen LogP contribution is -2.47. The molecule has 3 rings (SSSR count). The molecule has 1 saturated heterocycles. The Morgan fingerprint density at radius 3 is 3.00 bits per heavy atom. The van der Waals surface area contributed by atoms with Crippen molar-refractivity contribution in [3.8, 4) is 0 Å². The second kappa shape index (κ2) is 6.46. The van der Waals surface area contributed by atoms with E-state index >= 15 is 0 Å². The minimum atomic E-state index is -0.0659. The van der Waals surface area contributed by atoms with Crippen LogP contribution in [0, 0.1) is 5.41 Å². The van der Waals surface area contributed by atoms with Crippen molar-refractivity contribution >= 4 is 16.8 Å². The van der Waals surface area contributed by atoms with Gasteiger partial charge in [0.15, 0.2) is 0 Å². The van der Waals surface area contributed by atoms with Crippen molar-refractivity contribution in [1.29, 1.82) is 0 Å². The number of benzene rings is 1. The predicted molar refractivity (Wildman–Crippen MR) is 84.8 cm³/mol.